The first kappa shape index (κ1) is 23.0. The Hall–Kier alpha value is -0.0800. The quantitative estimate of drug-likeness (QED) is 0.172. The molecule has 2 heteroatoms. The molecule has 2 nitrogen and oxygen atoms in total. The lowest BCUT2D eigenvalue weighted by Gasteiger charge is -2.06. The van der Waals surface area contributed by atoms with Gasteiger partial charge in [0.25, 0.3) is 0 Å². The number of rotatable bonds is 19. The first-order valence-corrected chi connectivity index (χ1v) is 11.7. The van der Waals surface area contributed by atoms with Crippen LogP contribution in [0.4, 0.5) is 0 Å². The van der Waals surface area contributed by atoms with Crippen molar-refractivity contribution in [2.45, 2.75) is 141 Å². The lowest BCUT2D eigenvalue weighted by molar-refractivity contribution is -0.275. The number of hydrogen-bond donors (Lipinski definition) is 0. The molecule has 0 radical (unpaired) electrons. The summed E-state index contributed by atoms with van der Waals surface area (Å²) in [6.45, 7) is 3.09. The van der Waals surface area contributed by atoms with Crippen LogP contribution in [0.25, 0.3) is 0 Å². The van der Waals surface area contributed by atoms with Gasteiger partial charge in [-0.15, -0.1) is 0 Å². The van der Waals surface area contributed by atoms with E-state index >= 15 is 0 Å². The Morgan fingerprint density at radius 1 is 0.560 bits per heavy atom. The minimum absolute atomic E-state index is 0.390. The third kappa shape index (κ3) is 15.9. The van der Waals surface area contributed by atoms with Gasteiger partial charge in [-0.2, -0.15) is 0 Å². The Balaban J connectivity index is 1.63. The van der Waals surface area contributed by atoms with Crippen LogP contribution in [0, 0.1) is 0 Å². The molecule has 0 spiro atoms. The standard InChI is InChI=1S/C23H46O2/c1-2-3-4-5-6-7-8-9-10-11-12-13-14-15-16-17-18-19-20-23-21-22-24-25-23/h23H,2-22H2,1H3. The Morgan fingerprint density at radius 2 is 0.960 bits per heavy atom. The minimum Gasteiger partial charge on any atom is -0.236 e. The maximum atomic E-state index is 5.19. The van der Waals surface area contributed by atoms with Crippen LogP contribution in [0.2, 0.25) is 0 Å². The van der Waals surface area contributed by atoms with Crippen molar-refractivity contribution in [1.29, 1.82) is 0 Å². The van der Waals surface area contributed by atoms with Crippen LogP contribution in [0.5, 0.6) is 0 Å². The van der Waals surface area contributed by atoms with E-state index in [2.05, 4.69) is 6.92 Å². The van der Waals surface area contributed by atoms with Gasteiger partial charge in [-0.05, 0) is 6.42 Å². The van der Waals surface area contributed by atoms with Crippen LogP contribution >= 0.6 is 0 Å². The largest absolute Gasteiger partial charge is 0.236 e. The van der Waals surface area contributed by atoms with Crippen LogP contribution in [-0.4, -0.2) is 12.7 Å². The zero-order valence-electron chi connectivity index (χ0n) is 17.2. The molecule has 1 aliphatic rings. The fourth-order valence-corrected chi connectivity index (χ4v) is 3.84. The van der Waals surface area contributed by atoms with Crippen molar-refractivity contribution in [3.05, 3.63) is 0 Å². The van der Waals surface area contributed by atoms with Gasteiger partial charge in [0.2, 0.25) is 0 Å². The smallest absolute Gasteiger partial charge is 0.0953 e. The first-order chi connectivity index (χ1) is 12.4. The Kier molecular flexibility index (Phi) is 17.2. The molecular formula is C23H46O2. The lowest BCUT2D eigenvalue weighted by Crippen LogP contribution is -2.03. The predicted molar refractivity (Wildman–Crippen MR) is 109 cm³/mol. The van der Waals surface area contributed by atoms with Crippen molar-refractivity contribution in [2.24, 2.45) is 0 Å². The number of hydrogen-bond acceptors (Lipinski definition) is 2. The van der Waals surface area contributed by atoms with Crippen LogP contribution in [0.15, 0.2) is 0 Å². The monoisotopic (exact) mass is 354 g/mol. The van der Waals surface area contributed by atoms with E-state index in [1.54, 1.807) is 0 Å². The van der Waals surface area contributed by atoms with E-state index in [0.29, 0.717) is 6.10 Å². The fourth-order valence-electron chi connectivity index (χ4n) is 3.84. The molecule has 1 atom stereocenters. The highest BCUT2D eigenvalue weighted by molar-refractivity contribution is 4.59. The van der Waals surface area contributed by atoms with E-state index in [1.807, 2.05) is 0 Å². The van der Waals surface area contributed by atoms with Crippen molar-refractivity contribution in [3.8, 4) is 0 Å². The fraction of sp³-hybridized carbons (Fsp3) is 1.00. The first-order valence-electron chi connectivity index (χ1n) is 11.7. The molecule has 1 heterocycles. The van der Waals surface area contributed by atoms with E-state index in [-0.39, 0.29) is 0 Å². The zero-order chi connectivity index (χ0) is 17.8. The van der Waals surface area contributed by atoms with E-state index in [1.165, 1.54) is 122 Å². The third-order valence-corrected chi connectivity index (χ3v) is 5.61. The van der Waals surface area contributed by atoms with E-state index in [0.717, 1.165) is 13.0 Å². The molecule has 150 valence electrons. The molecule has 0 aliphatic carbocycles. The van der Waals surface area contributed by atoms with Crippen molar-refractivity contribution in [3.63, 3.8) is 0 Å². The summed E-state index contributed by atoms with van der Waals surface area (Å²) in [4.78, 5) is 10.1. The topological polar surface area (TPSA) is 18.5 Å². The van der Waals surface area contributed by atoms with Gasteiger partial charge in [-0.1, -0.05) is 122 Å². The molecule has 1 saturated heterocycles. The molecule has 0 aromatic carbocycles. The summed E-state index contributed by atoms with van der Waals surface area (Å²) in [7, 11) is 0. The average molecular weight is 355 g/mol. The summed E-state index contributed by atoms with van der Waals surface area (Å²) in [5.74, 6) is 0. The van der Waals surface area contributed by atoms with Gasteiger partial charge >= 0.3 is 0 Å². The molecule has 0 saturated carbocycles. The minimum atomic E-state index is 0.390. The molecule has 0 N–H and O–H groups in total. The normalized spacial score (nSPS) is 17.4. The summed E-state index contributed by atoms with van der Waals surface area (Å²) in [6, 6.07) is 0. The van der Waals surface area contributed by atoms with Gasteiger partial charge in [-0.3, -0.25) is 0 Å². The maximum Gasteiger partial charge on any atom is 0.0953 e. The second kappa shape index (κ2) is 18.7. The van der Waals surface area contributed by atoms with Gasteiger partial charge in [0.15, 0.2) is 0 Å². The van der Waals surface area contributed by atoms with Crippen LogP contribution < -0.4 is 0 Å². The molecular weight excluding hydrogens is 308 g/mol. The molecule has 0 aromatic heterocycles. The van der Waals surface area contributed by atoms with Gasteiger partial charge in [0, 0.05) is 6.42 Å². The van der Waals surface area contributed by atoms with Gasteiger partial charge in [0.05, 0.1) is 12.7 Å². The predicted octanol–water partition coefficient (Wildman–Crippen LogP) is 8.14. The Morgan fingerprint density at radius 3 is 1.32 bits per heavy atom. The summed E-state index contributed by atoms with van der Waals surface area (Å²) < 4.78 is 0. The Labute approximate surface area is 158 Å². The number of unbranched alkanes of at least 4 members (excludes halogenated alkanes) is 17. The SMILES string of the molecule is CCCCCCCCCCCCCCCCCCCCC1CCOO1. The molecule has 0 bridgehead atoms. The van der Waals surface area contributed by atoms with Crippen LogP contribution in [0.3, 0.4) is 0 Å². The third-order valence-electron chi connectivity index (χ3n) is 5.61. The summed E-state index contributed by atoms with van der Waals surface area (Å²) in [5.41, 5.74) is 0. The lowest BCUT2D eigenvalue weighted by atomic mass is 10.0. The maximum absolute atomic E-state index is 5.19. The van der Waals surface area contributed by atoms with Crippen molar-refractivity contribution >= 4 is 0 Å². The van der Waals surface area contributed by atoms with E-state index < -0.39 is 0 Å². The molecule has 0 amide bonds. The summed E-state index contributed by atoms with van der Waals surface area (Å²) in [5, 5.41) is 0. The van der Waals surface area contributed by atoms with E-state index in [9.17, 15) is 0 Å². The highest BCUT2D eigenvalue weighted by Gasteiger charge is 2.15. The van der Waals surface area contributed by atoms with Gasteiger partial charge < -0.3 is 0 Å². The molecule has 1 rings (SSSR count). The highest BCUT2D eigenvalue weighted by Crippen LogP contribution is 2.18. The molecule has 1 aliphatic heterocycles. The van der Waals surface area contributed by atoms with Gasteiger partial charge in [-0.25, -0.2) is 9.78 Å². The van der Waals surface area contributed by atoms with Crippen LogP contribution in [0.1, 0.15) is 135 Å². The molecule has 1 fully saturated rings. The second-order valence-electron chi connectivity index (χ2n) is 8.13. The second-order valence-corrected chi connectivity index (χ2v) is 8.13. The highest BCUT2D eigenvalue weighted by atomic mass is 17.2. The van der Waals surface area contributed by atoms with E-state index in [4.69, 9.17) is 9.78 Å². The van der Waals surface area contributed by atoms with Crippen molar-refractivity contribution < 1.29 is 9.78 Å². The van der Waals surface area contributed by atoms with Crippen molar-refractivity contribution in [2.75, 3.05) is 6.61 Å². The molecule has 0 aromatic rings. The molecule has 25 heavy (non-hydrogen) atoms. The van der Waals surface area contributed by atoms with Crippen molar-refractivity contribution in [1.82, 2.24) is 0 Å². The average Bonchev–Trinajstić information content (AvgIpc) is 3.14. The summed E-state index contributed by atoms with van der Waals surface area (Å²) >= 11 is 0. The van der Waals surface area contributed by atoms with Crippen LogP contribution in [-0.2, 0) is 9.78 Å². The van der Waals surface area contributed by atoms with Gasteiger partial charge in [0.1, 0.15) is 0 Å². The Bertz CT molecular complexity index is 248. The molecule has 1 unspecified atom stereocenters. The summed E-state index contributed by atoms with van der Waals surface area (Å²) in [6.07, 6.45) is 28.6. The zero-order valence-corrected chi connectivity index (χ0v) is 17.2.